The first kappa shape index (κ1) is 16.3. The van der Waals surface area contributed by atoms with E-state index in [9.17, 15) is 0 Å². The molecule has 1 unspecified atom stereocenters. The largest absolute Gasteiger partial charge is 0.356 e. The van der Waals surface area contributed by atoms with Gasteiger partial charge in [-0.05, 0) is 36.6 Å². The van der Waals surface area contributed by atoms with Crippen molar-refractivity contribution >= 4 is 23.1 Å². The summed E-state index contributed by atoms with van der Waals surface area (Å²) in [4.78, 5) is 16.0. The highest BCUT2D eigenvalue weighted by atomic mass is 35.5. The Morgan fingerprint density at radius 2 is 2.11 bits per heavy atom. The molecular weight excluding hydrogens is 362 g/mol. The average Bonchev–Trinajstić information content (AvgIpc) is 3.38. The van der Waals surface area contributed by atoms with E-state index in [1.54, 1.807) is 6.20 Å². The Kier molecular flexibility index (Phi) is 4.01. The Bertz CT molecular complexity index is 1070. The lowest BCUT2D eigenvalue weighted by Gasteiger charge is -2.33. The minimum atomic E-state index is 0.463. The van der Waals surface area contributed by atoms with E-state index in [-0.39, 0.29) is 0 Å². The zero-order valence-corrected chi connectivity index (χ0v) is 15.3. The summed E-state index contributed by atoms with van der Waals surface area (Å²) in [7, 11) is 0. The van der Waals surface area contributed by atoms with Gasteiger partial charge < -0.3 is 4.90 Å². The van der Waals surface area contributed by atoms with Crippen LogP contribution in [0.4, 0.5) is 5.82 Å². The molecule has 4 aromatic rings. The number of aromatic nitrogens is 6. The number of pyridine rings is 1. The summed E-state index contributed by atoms with van der Waals surface area (Å²) >= 11 is 6.15. The minimum absolute atomic E-state index is 0.463. The lowest BCUT2D eigenvalue weighted by atomic mass is 9.93. The number of rotatable bonds is 3. The number of piperidine rings is 1. The van der Waals surface area contributed by atoms with Gasteiger partial charge in [0.1, 0.15) is 17.2 Å². The van der Waals surface area contributed by atoms with Crippen molar-refractivity contribution in [3.05, 3.63) is 59.8 Å². The molecule has 0 bridgehead atoms. The SMILES string of the molecule is Clc1ccc2ncc(-c3nccc(N4CCCC(c5cn[nH]c5)C4)n3)n2c1. The van der Waals surface area contributed by atoms with Gasteiger partial charge >= 0.3 is 0 Å². The molecule has 1 saturated heterocycles. The molecule has 27 heavy (non-hydrogen) atoms. The van der Waals surface area contributed by atoms with Crippen LogP contribution in [0.2, 0.25) is 5.02 Å². The minimum Gasteiger partial charge on any atom is -0.356 e. The molecule has 0 spiro atoms. The molecule has 1 fully saturated rings. The molecule has 8 heteroatoms. The number of anilines is 1. The second-order valence-corrected chi connectivity index (χ2v) is 7.21. The van der Waals surface area contributed by atoms with Crippen LogP contribution in [0.1, 0.15) is 24.3 Å². The van der Waals surface area contributed by atoms with Gasteiger partial charge in [0.05, 0.1) is 17.4 Å². The fraction of sp³-hybridized carbons (Fsp3) is 0.263. The number of hydrogen-bond donors (Lipinski definition) is 1. The fourth-order valence-electron chi connectivity index (χ4n) is 3.71. The maximum Gasteiger partial charge on any atom is 0.180 e. The normalized spacial score (nSPS) is 17.5. The topological polar surface area (TPSA) is 75.0 Å². The summed E-state index contributed by atoms with van der Waals surface area (Å²) in [6.45, 7) is 1.92. The summed E-state index contributed by atoms with van der Waals surface area (Å²) in [5, 5.41) is 7.66. The van der Waals surface area contributed by atoms with Crippen molar-refractivity contribution in [1.29, 1.82) is 0 Å². The predicted octanol–water partition coefficient (Wildman–Crippen LogP) is 3.55. The molecule has 4 aromatic heterocycles. The maximum absolute atomic E-state index is 6.15. The van der Waals surface area contributed by atoms with Crippen LogP contribution in [0, 0.1) is 0 Å². The molecule has 0 saturated carbocycles. The van der Waals surface area contributed by atoms with E-state index in [1.807, 2.05) is 47.4 Å². The zero-order chi connectivity index (χ0) is 18.2. The standard InChI is InChI=1S/C19H18ClN7/c20-15-3-4-17-22-10-16(27(17)12-15)19-21-6-5-18(25-19)26-7-1-2-13(11-26)14-8-23-24-9-14/h3-6,8-10,12-13H,1-2,7,11H2,(H,23,24). The van der Waals surface area contributed by atoms with E-state index < -0.39 is 0 Å². The molecule has 136 valence electrons. The summed E-state index contributed by atoms with van der Waals surface area (Å²) in [5.74, 6) is 2.04. The monoisotopic (exact) mass is 379 g/mol. The zero-order valence-electron chi connectivity index (χ0n) is 14.6. The number of aromatic amines is 1. The molecule has 1 atom stereocenters. The third kappa shape index (κ3) is 3.04. The van der Waals surface area contributed by atoms with Crippen molar-refractivity contribution in [2.75, 3.05) is 18.0 Å². The number of nitrogens with one attached hydrogen (secondary N) is 1. The molecule has 5 heterocycles. The van der Waals surface area contributed by atoms with Crippen LogP contribution in [0.25, 0.3) is 17.2 Å². The Morgan fingerprint density at radius 3 is 3.00 bits per heavy atom. The van der Waals surface area contributed by atoms with Crippen LogP contribution in [-0.2, 0) is 0 Å². The van der Waals surface area contributed by atoms with Gasteiger partial charge in [-0.15, -0.1) is 0 Å². The summed E-state index contributed by atoms with van der Waals surface area (Å²) in [5.41, 5.74) is 2.91. The van der Waals surface area contributed by atoms with Gasteiger partial charge in [-0.2, -0.15) is 5.10 Å². The van der Waals surface area contributed by atoms with Crippen molar-refractivity contribution in [2.24, 2.45) is 0 Å². The highest BCUT2D eigenvalue weighted by Gasteiger charge is 2.23. The van der Waals surface area contributed by atoms with Gasteiger partial charge in [0, 0.05) is 37.6 Å². The van der Waals surface area contributed by atoms with Gasteiger partial charge in [-0.1, -0.05) is 11.6 Å². The first-order valence-corrected chi connectivity index (χ1v) is 9.35. The number of H-pyrrole nitrogens is 1. The molecule has 1 aliphatic rings. The molecule has 0 amide bonds. The third-order valence-corrected chi connectivity index (χ3v) is 5.30. The van der Waals surface area contributed by atoms with Gasteiger partial charge in [-0.3, -0.25) is 9.50 Å². The smallest absolute Gasteiger partial charge is 0.180 e. The molecule has 0 aliphatic carbocycles. The van der Waals surface area contributed by atoms with E-state index >= 15 is 0 Å². The van der Waals surface area contributed by atoms with Crippen molar-refractivity contribution in [3.63, 3.8) is 0 Å². The van der Waals surface area contributed by atoms with Gasteiger partial charge in [-0.25, -0.2) is 15.0 Å². The second-order valence-electron chi connectivity index (χ2n) is 6.77. The van der Waals surface area contributed by atoms with Gasteiger partial charge in [0.25, 0.3) is 0 Å². The van der Waals surface area contributed by atoms with E-state index in [2.05, 4.69) is 25.1 Å². The average molecular weight is 380 g/mol. The summed E-state index contributed by atoms with van der Waals surface area (Å²) in [6, 6.07) is 5.68. The van der Waals surface area contributed by atoms with E-state index in [0.717, 1.165) is 36.7 Å². The predicted molar refractivity (Wildman–Crippen MR) is 104 cm³/mol. The first-order chi connectivity index (χ1) is 13.3. The number of fused-ring (bicyclic) bond motifs is 1. The lowest BCUT2D eigenvalue weighted by molar-refractivity contribution is 0.507. The number of hydrogen-bond acceptors (Lipinski definition) is 5. The quantitative estimate of drug-likeness (QED) is 0.589. The van der Waals surface area contributed by atoms with Crippen LogP contribution in [0.15, 0.2) is 49.2 Å². The first-order valence-electron chi connectivity index (χ1n) is 8.97. The van der Waals surface area contributed by atoms with Crippen LogP contribution in [-0.4, -0.2) is 42.6 Å². The van der Waals surface area contributed by atoms with Crippen molar-refractivity contribution in [2.45, 2.75) is 18.8 Å². The number of imidazole rings is 1. The molecule has 0 aromatic carbocycles. The van der Waals surface area contributed by atoms with E-state index in [1.165, 1.54) is 12.0 Å². The van der Waals surface area contributed by atoms with Crippen molar-refractivity contribution in [3.8, 4) is 11.5 Å². The van der Waals surface area contributed by atoms with Crippen LogP contribution >= 0.6 is 11.6 Å². The molecule has 1 N–H and O–H groups in total. The number of nitrogens with zero attached hydrogens (tertiary/aromatic N) is 6. The molecule has 7 nitrogen and oxygen atoms in total. The van der Waals surface area contributed by atoms with E-state index in [4.69, 9.17) is 16.6 Å². The van der Waals surface area contributed by atoms with Crippen LogP contribution < -0.4 is 4.90 Å². The Labute approximate surface area is 161 Å². The van der Waals surface area contributed by atoms with E-state index in [0.29, 0.717) is 16.8 Å². The molecular formula is C19H18ClN7. The summed E-state index contributed by atoms with van der Waals surface area (Å²) < 4.78 is 1.92. The van der Waals surface area contributed by atoms with Crippen LogP contribution in [0.5, 0.6) is 0 Å². The molecule has 1 aliphatic heterocycles. The summed E-state index contributed by atoms with van der Waals surface area (Å²) in [6.07, 6.45) is 11.6. The fourth-order valence-corrected chi connectivity index (χ4v) is 3.87. The number of halogens is 1. The van der Waals surface area contributed by atoms with Gasteiger partial charge in [0.2, 0.25) is 0 Å². The Morgan fingerprint density at radius 1 is 1.15 bits per heavy atom. The van der Waals surface area contributed by atoms with Crippen LogP contribution in [0.3, 0.4) is 0 Å². The molecule has 0 radical (unpaired) electrons. The van der Waals surface area contributed by atoms with Crippen molar-refractivity contribution < 1.29 is 0 Å². The highest BCUT2D eigenvalue weighted by molar-refractivity contribution is 6.30. The van der Waals surface area contributed by atoms with Gasteiger partial charge in [0.15, 0.2) is 5.82 Å². The Hall–Kier alpha value is -2.93. The maximum atomic E-state index is 6.15. The second kappa shape index (κ2) is 6.66. The highest BCUT2D eigenvalue weighted by Crippen LogP contribution is 2.29. The Balaban J connectivity index is 1.47. The third-order valence-electron chi connectivity index (χ3n) is 5.08. The van der Waals surface area contributed by atoms with Crippen molar-refractivity contribution in [1.82, 2.24) is 29.5 Å². The molecule has 5 rings (SSSR count). The lowest BCUT2D eigenvalue weighted by Crippen LogP contribution is -2.34.